The van der Waals surface area contributed by atoms with E-state index in [2.05, 4.69) is 0 Å². The Morgan fingerprint density at radius 2 is 1.71 bits per heavy atom. The summed E-state index contributed by atoms with van der Waals surface area (Å²) >= 11 is 0. The highest BCUT2D eigenvalue weighted by atomic mass is 19.4. The fourth-order valence-electron chi connectivity index (χ4n) is 3.12. The average Bonchev–Trinajstić information content (AvgIpc) is 2.65. The molecule has 2 amide bonds. The second kappa shape index (κ2) is 7.26. The number of aryl methyl sites for hydroxylation is 1. The molecule has 2 aromatic carbocycles. The van der Waals surface area contributed by atoms with Crippen LogP contribution in [0.3, 0.4) is 0 Å². The molecule has 1 aliphatic heterocycles. The smallest absolute Gasteiger partial charge is 0.325 e. The normalized spacial score (nSPS) is 17.8. The van der Waals surface area contributed by atoms with Crippen LogP contribution in [0.25, 0.3) is 0 Å². The molecular weight excluding hydrogens is 376 g/mol. The monoisotopic (exact) mass is 394 g/mol. The minimum atomic E-state index is -4.49. The van der Waals surface area contributed by atoms with Crippen LogP contribution in [0.2, 0.25) is 0 Å². The van der Waals surface area contributed by atoms with Gasteiger partial charge in [0.15, 0.2) is 0 Å². The van der Waals surface area contributed by atoms with Crippen molar-refractivity contribution in [2.24, 2.45) is 0 Å². The fourth-order valence-corrected chi connectivity index (χ4v) is 3.12. The van der Waals surface area contributed by atoms with Crippen LogP contribution in [-0.2, 0) is 11.0 Å². The summed E-state index contributed by atoms with van der Waals surface area (Å²) in [6, 6.07) is 7.53. The molecule has 0 saturated carbocycles. The zero-order chi connectivity index (χ0) is 20.6. The van der Waals surface area contributed by atoms with Gasteiger partial charge in [0.2, 0.25) is 5.91 Å². The summed E-state index contributed by atoms with van der Waals surface area (Å²) in [5, 5.41) is 0. The van der Waals surface area contributed by atoms with Gasteiger partial charge in [-0.15, -0.1) is 0 Å². The zero-order valence-corrected chi connectivity index (χ0v) is 15.3. The molecule has 1 aliphatic rings. The van der Waals surface area contributed by atoms with Gasteiger partial charge in [-0.25, -0.2) is 4.39 Å². The minimum absolute atomic E-state index is 0.0717. The number of piperazine rings is 1. The van der Waals surface area contributed by atoms with Gasteiger partial charge in [-0.3, -0.25) is 9.59 Å². The van der Waals surface area contributed by atoms with Gasteiger partial charge >= 0.3 is 6.18 Å². The van der Waals surface area contributed by atoms with E-state index >= 15 is 0 Å². The molecule has 0 radical (unpaired) electrons. The Hall–Kier alpha value is -2.90. The van der Waals surface area contributed by atoms with Crippen molar-refractivity contribution in [3.63, 3.8) is 0 Å². The van der Waals surface area contributed by atoms with Gasteiger partial charge in [-0.05, 0) is 55.8 Å². The van der Waals surface area contributed by atoms with Gasteiger partial charge in [0.1, 0.15) is 11.9 Å². The summed E-state index contributed by atoms with van der Waals surface area (Å²) in [7, 11) is 0. The van der Waals surface area contributed by atoms with Crippen molar-refractivity contribution in [1.82, 2.24) is 4.90 Å². The number of carbonyl (C=O) groups is 2. The van der Waals surface area contributed by atoms with Gasteiger partial charge in [-0.2, -0.15) is 13.2 Å². The van der Waals surface area contributed by atoms with Crippen molar-refractivity contribution in [3.8, 4) is 0 Å². The van der Waals surface area contributed by atoms with Gasteiger partial charge in [0, 0.05) is 24.3 Å². The molecule has 0 bridgehead atoms. The van der Waals surface area contributed by atoms with Gasteiger partial charge in [-0.1, -0.05) is 6.07 Å². The van der Waals surface area contributed by atoms with E-state index in [9.17, 15) is 27.2 Å². The Bertz CT molecular complexity index is 909. The van der Waals surface area contributed by atoms with Gasteiger partial charge in [0.05, 0.1) is 5.56 Å². The molecular formula is C20H18F4N2O2. The Balaban J connectivity index is 1.77. The Labute approximate surface area is 159 Å². The van der Waals surface area contributed by atoms with Crippen molar-refractivity contribution < 1.29 is 27.2 Å². The lowest BCUT2D eigenvalue weighted by Crippen LogP contribution is -2.57. The molecule has 28 heavy (non-hydrogen) atoms. The number of hydrogen-bond acceptors (Lipinski definition) is 2. The number of hydrogen-bond donors (Lipinski definition) is 0. The van der Waals surface area contributed by atoms with Crippen LogP contribution >= 0.6 is 0 Å². The van der Waals surface area contributed by atoms with Crippen molar-refractivity contribution in [2.45, 2.75) is 26.1 Å². The fraction of sp³-hybridized carbons (Fsp3) is 0.300. The summed E-state index contributed by atoms with van der Waals surface area (Å²) in [5.41, 5.74) is 0.0869. The first-order chi connectivity index (χ1) is 13.1. The number of amides is 2. The van der Waals surface area contributed by atoms with Crippen LogP contribution in [0.5, 0.6) is 0 Å². The largest absolute Gasteiger partial charge is 0.416 e. The predicted molar refractivity (Wildman–Crippen MR) is 95.4 cm³/mol. The molecule has 1 heterocycles. The highest BCUT2D eigenvalue weighted by Crippen LogP contribution is 2.29. The first kappa shape index (κ1) is 19.9. The van der Waals surface area contributed by atoms with E-state index in [-0.39, 0.29) is 24.6 Å². The van der Waals surface area contributed by atoms with E-state index in [0.29, 0.717) is 11.3 Å². The quantitative estimate of drug-likeness (QED) is 0.722. The number of carbonyl (C=O) groups excluding carboxylic acids is 2. The van der Waals surface area contributed by atoms with E-state index in [0.717, 1.165) is 24.3 Å². The van der Waals surface area contributed by atoms with Crippen LogP contribution < -0.4 is 4.90 Å². The molecule has 2 aromatic rings. The average molecular weight is 394 g/mol. The second-order valence-electron chi connectivity index (χ2n) is 6.67. The molecule has 0 aromatic heterocycles. The molecule has 3 rings (SSSR count). The van der Waals surface area contributed by atoms with Gasteiger partial charge in [0.25, 0.3) is 5.91 Å². The van der Waals surface area contributed by atoms with Gasteiger partial charge < -0.3 is 9.80 Å². The van der Waals surface area contributed by atoms with Crippen molar-refractivity contribution in [2.75, 3.05) is 18.0 Å². The minimum Gasteiger partial charge on any atom is -0.325 e. The van der Waals surface area contributed by atoms with E-state index in [4.69, 9.17) is 0 Å². The van der Waals surface area contributed by atoms with E-state index in [1.807, 2.05) is 0 Å². The summed E-state index contributed by atoms with van der Waals surface area (Å²) in [6.45, 7) is 3.51. The molecule has 1 saturated heterocycles. The SMILES string of the molecule is Cc1ccc(N2CCN(C(=O)c3ccc(C(F)(F)F)cc3)[C@H](C)C2=O)cc1F. The molecule has 1 fully saturated rings. The zero-order valence-electron chi connectivity index (χ0n) is 15.3. The predicted octanol–water partition coefficient (Wildman–Crippen LogP) is 4.03. The van der Waals surface area contributed by atoms with Crippen molar-refractivity contribution in [3.05, 3.63) is 65.0 Å². The maximum absolute atomic E-state index is 13.8. The molecule has 8 heteroatoms. The van der Waals surface area contributed by atoms with Crippen LogP contribution in [0.4, 0.5) is 23.2 Å². The number of nitrogens with zero attached hydrogens (tertiary/aromatic N) is 2. The summed E-state index contributed by atoms with van der Waals surface area (Å²) < 4.78 is 51.8. The third kappa shape index (κ3) is 3.72. The number of benzene rings is 2. The standard InChI is InChI=1S/C20H18F4N2O2/c1-12-3-8-16(11-17(12)21)26-10-9-25(13(2)18(26)27)19(28)14-4-6-15(7-5-14)20(22,23)24/h3-8,11,13H,9-10H2,1-2H3/t13-/m1/s1. The maximum Gasteiger partial charge on any atom is 0.416 e. The lowest BCUT2D eigenvalue weighted by Gasteiger charge is -2.39. The number of rotatable bonds is 2. The summed E-state index contributed by atoms with van der Waals surface area (Å²) in [4.78, 5) is 28.1. The lowest BCUT2D eigenvalue weighted by atomic mass is 10.1. The van der Waals surface area contributed by atoms with E-state index in [1.165, 1.54) is 15.9 Å². The highest BCUT2D eigenvalue weighted by molar-refractivity contribution is 6.03. The molecule has 0 spiro atoms. The molecule has 0 N–H and O–H groups in total. The lowest BCUT2D eigenvalue weighted by molar-refractivity contribution is -0.137. The number of alkyl halides is 3. The van der Waals surface area contributed by atoms with Crippen molar-refractivity contribution in [1.29, 1.82) is 0 Å². The molecule has 1 atom stereocenters. The number of anilines is 1. The van der Waals surface area contributed by atoms with Crippen LogP contribution in [0.15, 0.2) is 42.5 Å². The molecule has 148 valence electrons. The first-order valence-electron chi connectivity index (χ1n) is 8.65. The third-order valence-corrected chi connectivity index (χ3v) is 4.84. The van der Waals surface area contributed by atoms with Crippen molar-refractivity contribution >= 4 is 17.5 Å². The van der Waals surface area contributed by atoms with E-state index in [1.54, 1.807) is 26.0 Å². The summed E-state index contributed by atoms with van der Waals surface area (Å²) in [6.07, 6.45) is -4.49. The first-order valence-corrected chi connectivity index (χ1v) is 8.65. The Morgan fingerprint density at radius 3 is 2.29 bits per heavy atom. The van der Waals surface area contributed by atoms with Crippen LogP contribution in [-0.4, -0.2) is 35.8 Å². The maximum atomic E-state index is 13.8. The molecule has 0 unspecified atom stereocenters. The second-order valence-corrected chi connectivity index (χ2v) is 6.67. The molecule has 0 aliphatic carbocycles. The molecule has 4 nitrogen and oxygen atoms in total. The number of halogens is 4. The third-order valence-electron chi connectivity index (χ3n) is 4.84. The van der Waals surface area contributed by atoms with Crippen LogP contribution in [0, 0.1) is 12.7 Å². The Kier molecular flexibility index (Phi) is 5.14. The highest BCUT2D eigenvalue weighted by Gasteiger charge is 2.36. The topological polar surface area (TPSA) is 40.6 Å². The Morgan fingerprint density at radius 1 is 1.07 bits per heavy atom. The van der Waals surface area contributed by atoms with E-state index < -0.39 is 29.5 Å². The summed E-state index contributed by atoms with van der Waals surface area (Å²) in [5.74, 6) is -1.33. The van der Waals surface area contributed by atoms with Crippen LogP contribution in [0.1, 0.15) is 28.4 Å².